The molecule has 10 nitrogen and oxygen atoms in total. The first kappa shape index (κ1) is 35.5. The summed E-state index contributed by atoms with van der Waals surface area (Å²) in [5.74, 6) is -1.96. The maximum atomic E-state index is 14.3. The molecule has 3 aromatic rings. The van der Waals surface area contributed by atoms with Crippen LogP contribution in [-0.2, 0) is 32.6 Å². The van der Waals surface area contributed by atoms with Gasteiger partial charge >= 0.3 is 0 Å². The van der Waals surface area contributed by atoms with E-state index in [1.807, 2.05) is 102 Å². The molecule has 5 rings (SSSR count). The highest BCUT2D eigenvalue weighted by atomic mass is 127. The van der Waals surface area contributed by atoms with Crippen LogP contribution in [0.4, 0.5) is 0 Å². The van der Waals surface area contributed by atoms with Gasteiger partial charge < -0.3 is 34.0 Å². The van der Waals surface area contributed by atoms with Crippen LogP contribution >= 0.6 is 0 Å². The Labute approximate surface area is 292 Å². The number of Topliss-reactive ketones (excluding diaryl/α,β-unsaturated/α-hetero) is 1. The molecular formula is C36H40IN5O5. The molecule has 0 bridgehead atoms. The smallest absolute Gasteiger partial charge is 0.264 e. The Hall–Kier alpha value is -4.39. The second-order valence-corrected chi connectivity index (χ2v) is 12.7. The van der Waals surface area contributed by atoms with E-state index in [-0.39, 0.29) is 61.3 Å². The van der Waals surface area contributed by atoms with Crippen molar-refractivity contribution in [2.45, 2.75) is 51.7 Å². The van der Waals surface area contributed by atoms with E-state index in [4.69, 9.17) is 4.74 Å². The highest BCUT2D eigenvalue weighted by Gasteiger charge is 2.42. The Morgan fingerprint density at radius 2 is 1.68 bits per heavy atom. The maximum absolute atomic E-state index is 14.3. The standard InChI is InChI=1S/C36H39N5O5.HI/c1-24(2)31-35(45)40(29(26-15-10-7-11-16-26)21-41(31)34(44)27-17-12-18-39(5)20-27)22-30(42)37-28(19-25-13-8-6-9-14-25)32(43)33-38-36(3,4)23-46-33;/h6-18,20-21,24,28,31H,19,22-23H2,1-5H3;1H/t28-,31?;/m0./s1. The summed E-state index contributed by atoms with van der Waals surface area (Å²) in [6.07, 6.45) is 5.41. The third-order valence-electron chi connectivity index (χ3n) is 7.91. The molecule has 2 aliphatic heterocycles. The molecule has 1 unspecified atom stereocenters. The minimum atomic E-state index is -0.968. The van der Waals surface area contributed by atoms with Crippen molar-refractivity contribution < 1.29 is 52.5 Å². The highest BCUT2D eigenvalue weighted by molar-refractivity contribution is 6.39. The monoisotopic (exact) mass is 749 g/mol. The molecule has 2 atom stereocenters. The van der Waals surface area contributed by atoms with Gasteiger partial charge in [-0.05, 0) is 37.0 Å². The van der Waals surface area contributed by atoms with Gasteiger partial charge in [0.15, 0.2) is 12.4 Å². The summed E-state index contributed by atoms with van der Waals surface area (Å²) in [4.78, 5) is 62.8. The summed E-state index contributed by atoms with van der Waals surface area (Å²) in [5.41, 5.74) is 1.80. The number of amides is 3. The first-order chi connectivity index (χ1) is 21.9. The Kier molecular flexibility index (Phi) is 11.3. The summed E-state index contributed by atoms with van der Waals surface area (Å²) in [6, 6.07) is 20.2. The minimum Gasteiger partial charge on any atom is -1.00 e. The number of nitrogens with zero attached hydrogens (tertiary/aromatic N) is 4. The summed E-state index contributed by atoms with van der Waals surface area (Å²) in [7, 11) is 1.83. The third-order valence-corrected chi connectivity index (χ3v) is 7.91. The SMILES string of the molecule is CC(C)C1C(=O)N(CC(=O)N[C@@H](Cc2ccccc2)C(=O)C2=NC(C)(C)CO2)C(c2ccccc2)=CN1C(=O)c1ccc[n+](C)c1.[I-]. The van der Waals surface area contributed by atoms with E-state index >= 15 is 0 Å². The van der Waals surface area contributed by atoms with Crippen LogP contribution in [0, 0.1) is 5.92 Å². The van der Waals surface area contributed by atoms with Crippen LogP contribution in [0.5, 0.6) is 0 Å². The van der Waals surface area contributed by atoms with E-state index < -0.39 is 35.2 Å². The average molecular weight is 750 g/mol. The van der Waals surface area contributed by atoms with Crippen molar-refractivity contribution in [1.82, 2.24) is 15.1 Å². The molecule has 2 aromatic carbocycles. The molecule has 1 aromatic heterocycles. The number of benzene rings is 2. The lowest BCUT2D eigenvalue weighted by Gasteiger charge is -2.41. The Balaban J connectivity index is 0.00000500. The van der Waals surface area contributed by atoms with Gasteiger partial charge in [-0.25, -0.2) is 9.56 Å². The first-order valence-electron chi connectivity index (χ1n) is 15.4. The second-order valence-electron chi connectivity index (χ2n) is 12.7. The van der Waals surface area contributed by atoms with Gasteiger partial charge in [0, 0.05) is 18.7 Å². The van der Waals surface area contributed by atoms with Crippen molar-refractivity contribution in [1.29, 1.82) is 0 Å². The molecule has 3 amide bonds. The van der Waals surface area contributed by atoms with Crippen LogP contribution in [0.2, 0.25) is 0 Å². The zero-order chi connectivity index (χ0) is 33.0. The molecule has 0 saturated carbocycles. The Bertz CT molecular complexity index is 1690. The summed E-state index contributed by atoms with van der Waals surface area (Å²) in [5, 5.41) is 2.87. The van der Waals surface area contributed by atoms with Gasteiger partial charge in [-0.3, -0.25) is 29.0 Å². The number of aromatic nitrogens is 1. The summed E-state index contributed by atoms with van der Waals surface area (Å²) >= 11 is 0. The Morgan fingerprint density at radius 3 is 2.28 bits per heavy atom. The minimum absolute atomic E-state index is 0. The van der Waals surface area contributed by atoms with E-state index in [0.29, 0.717) is 16.8 Å². The predicted molar refractivity (Wildman–Crippen MR) is 173 cm³/mol. The number of ketones is 1. The second kappa shape index (κ2) is 15.0. The number of ether oxygens (including phenoxy) is 1. The topological polar surface area (TPSA) is 112 Å². The number of carbonyl (C=O) groups is 4. The fourth-order valence-electron chi connectivity index (χ4n) is 5.64. The number of nitrogens with one attached hydrogen (secondary N) is 1. The van der Waals surface area contributed by atoms with E-state index in [1.54, 1.807) is 29.1 Å². The van der Waals surface area contributed by atoms with Crippen LogP contribution in [0.1, 0.15) is 49.2 Å². The van der Waals surface area contributed by atoms with E-state index in [0.717, 1.165) is 5.56 Å². The van der Waals surface area contributed by atoms with Gasteiger partial charge in [0.25, 0.3) is 17.7 Å². The van der Waals surface area contributed by atoms with Gasteiger partial charge in [0.1, 0.15) is 37.8 Å². The predicted octanol–water partition coefficient (Wildman–Crippen LogP) is 0.327. The number of aryl methyl sites for hydroxylation is 1. The number of carbonyl (C=O) groups excluding carboxylic acids is 4. The number of halogens is 1. The van der Waals surface area contributed by atoms with Gasteiger partial charge in [-0.2, -0.15) is 0 Å². The van der Waals surface area contributed by atoms with Crippen LogP contribution in [0.3, 0.4) is 0 Å². The normalized spacial score (nSPS) is 17.7. The number of rotatable bonds is 10. The van der Waals surface area contributed by atoms with Crippen molar-refractivity contribution in [3.63, 3.8) is 0 Å². The fourth-order valence-corrected chi connectivity index (χ4v) is 5.64. The Morgan fingerprint density at radius 1 is 1.02 bits per heavy atom. The highest BCUT2D eigenvalue weighted by Crippen LogP contribution is 2.31. The largest absolute Gasteiger partial charge is 1.00 e. The van der Waals surface area contributed by atoms with Gasteiger partial charge in [0.2, 0.25) is 11.7 Å². The lowest BCUT2D eigenvalue weighted by atomic mass is 9.96. The quantitative estimate of drug-likeness (QED) is 0.238. The molecule has 0 fully saturated rings. The van der Waals surface area contributed by atoms with Crippen molar-refractivity contribution in [3.05, 3.63) is 108 Å². The molecule has 3 heterocycles. The van der Waals surface area contributed by atoms with Crippen LogP contribution in [0.25, 0.3) is 5.70 Å². The molecule has 2 aliphatic rings. The number of pyridine rings is 1. The van der Waals surface area contributed by atoms with E-state index in [2.05, 4.69) is 10.3 Å². The van der Waals surface area contributed by atoms with Gasteiger partial charge in [-0.1, -0.05) is 74.5 Å². The van der Waals surface area contributed by atoms with Crippen molar-refractivity contribution in [3.8, 4) is 0 Å². The third kappa shape index (κ3) is 8.31. The molecule has 1 N–H and O–H groups in total. The molecule has 0 spiro atoms. The van der Waals surface area contributed by atoms with Crippen molar-refractivity contribution >= 4 is 35.1 Å². The summed E-state index contributed by atoms with van der Waals surface area (Å²) in [6.45, 7) is 7.38. The van der Waals surface area contributed by atoms with Gasteiger partial charge in [-0.15, -0.1) is 0 Å². The lowest BCUT2D eigenvalue weighted by molar-refractivity contribution is -0.671. The van der Waals surface area contributed by atoms with Crippen molar-refractivity contribution in [2.24, 2.45) is 18.0 Å². The maximum Gasteiger partial charge on any atom is 0.264 e. The molecule has 0 radical (unpaired) electrons. The number of hydrogen-bond acceptors (Lipinski definition) is 6. The van der Waals surface area contributed by atoms with Crippen LogP contribution in [-0.4, -0.2) is 70.0 Å². The number of aliphatic imine (C=N–C) groups is 1. The number of hydrogen-bond donors (Lipinski definition) is 1. The van der Waals surface area contributed by atoms with E-state index in [9.17, 15) is 19.2 Å². The molecule has 47 heavy (non-hydrogen) atoms. The van der Waals surface area contributed by atoms with E-state index in [1.165, 1.54) is 9.80 Å². The zero-order valence-corrected chi connectivity index (χ0v) is 29.4. The van der Waals surface area contributed by atoms with Crippen molar-refractivity contribution in [2.75, 3.05) is 13.2 Å². The molecule has 0 saturated heterocycles. The van der Waals surface area contributed by atoms with Gasteiger partial charge in [0.05, 0.1) is 11.2 Å². The molecule has 246 valence electrons. The molecular weight excluding hydrogens is 709 g/mol. The summed E-state index contributed by atoms with van der Waals surface area (Å²) < 4.78 is 7.40. The average Bonchev–Trinajstić information content (AvgIpc) is 3.40. The molecule has 11 heteroatoms. The van der Waals surface area contributed by atoms with Crippen LogP contribution < -0.4 is 33.9 Å². The molecule has 0 aliphatic carbocycles. The lowest BCUT2D eigenvalue weighted by Crippen LogP contribution is -3.00. The zero-order valence-electron chi connectivity index (χ0n) is 27.2. The fraction of sp³-hybridized carbons (Fsp3) is 0.333. The first-order valence-corrected chi connectivity index (χ1v) is 15.4. The van der Waals surface area contributed by atoms with Crippen LogP contribution in [0.15, 0.2) is 96.4 Å².